The van der Waals surface area contributed by atoms with Crippen LogP contribution in [0.2, 0.25) is 0 Å². The van der Waals surface area contributed by atoms with Gasteiger partial charge in [-0.2, -0.15) is 9.78 Å². The number of rotatable bonds is 7. The highest BCUT2D eigenvalue weighted by atomic mass is 79.9. The molecule has 0 saturated heterocycles. The molecule has 0 aliphatic rings. The number of methoxy groups -OCH3 is 1. The summed E-state index contributed by atoms with van der Waals surface area (Å²) in [6, 6.07) is 8.11. The molecule has 0 aliphatic carbocycles. The molecule has 0 radical (unpaired) electrons. The minimum atomic E-state index is -0.569. The number of ether oxygens (including phenoxy) is 2. The number of halogens is 1. The van der Waals surface area contributed by atoms with Crippen LogP contribution >= 0.6 is 15.9 Å². The van der Waals surface area contributed by atoms with Crippen LogP contribution in [0.15, 0.2) is 57.4 Å². The van der Waals surface area contributed by atoms with Crippen LogP contribution in [0, 0.1) is 10.1 Å². The average Bonchev–Trinajstić information content (AvgIpc) is 2.76. The van der Waals surface area contributed by atoms with E-state index in [1.54, 1.807) is 18.2 Å². The van der Waals surface area contributed by atoms with Crippen molar-refractivity contribution in [2.45, 2.75) is 26.2 Å². The van der Waals surface area contributed by atoms with Crippen molar-refractivity contribution in [1.29, 1.82) is 0 Å². The fourth-order valence-electron chi connectivity index (χ4n) is 3.12. The molecular weight excluding hydrogens is 492 g/mol. The molecule has 172 valence electrons. The van der Waals surface area contributed by atoms with Crippen LogP contribution in [0.25, 0.3) is 10.9 Å². The topological polar surface area (TPSA) is 109 Å². The van der Waals surface area contributed by atoms with Crippen molar-refractivity contribution in [3.8, 4) is 11.5 Å². The molecule has 3 aromatic rings. The van der Waals surface area contributed by atoms with Crippen molar-refractivity contribution in [3.05, 3.63) is 79.3 Å². The van der Waals surface area contributed by atoms with Crippen LogP contribution in [0.3, 0.4) is 0 Å². The Labute approximate surface area is 198 Å². The summed E-state index contributed by atoms with van der Waals surface area (Å²) in [6.07, 6.45) is 2.83. The van der Waals surface area contributed by atoms with Gasteiger partial charge < -0.3 is 9.47 Å². The summed E-state index contributed by atoms with van der Waals surface area (Å²) in [7, 11) is 1.38. The lowest BCUT2D eigenvalue weighted by Crippen LogP contribution is -2.29. The van der Waals surface area contributed by atoms with E-state index in [2.05, 4.69) is 32.6 Å². The Kier molecular flexibility index (Phi) is 6.97. The fourth-order valence-corrected chi connectivity index (χ4v) is 3.48. The molecule has 0 aliphatic heterocycles. The van der Waals surface area contributed by atoms with E-state index in [1.807, 2.05) is 26.8 Å². The van der Waals surface area contributed by atoms with Crippen LogP contribution in [0.4, 0.5) is 5.69 Å². The number of hydrogen-bond donors (Lipinski definition) is 0. The fraction of sp³-hybridized carbons (Fsp3) is 0.261. The third-order valence-corrected chi connectivity index (χ3v) is 5.11. The number of hydrogen-bond acceptors (Lipinski definition) is 7. The van der Waals surface area contributed by atoms with Gasteiger partial charge in [-0.15, -0.1) is 0 Å². The lowest BCUT2D eigenvalue weighted by Gasteiger charge is -2.20. The highest BCUT2D eigenvalue weighted by Crippen LogP contribution is 2.38. The van der Waals surface area contributed by atoms with Crippen LogP contribution in [-0.4, -0.2) is 34.5 Å². The molecule has 2 aromatic carbocycles. The Morgan fingerprint density at radius 1 is 1.30 bits per heavy atom. The predicted octanol–water partition coefficient (Wildman–Crippen LogP) is 4.82. The lowest BCUT2D eigenvalue weighted by atomic mass is 9.95. The second-order valence-electron chi connectivity index (χ2n) is 8.14. The molecule has 1 heterocycles. The summed E-state index contributed by atoms with van der Waals surface area (Å²) in [4.78, 5) is 29.0. The zero-order chi connectivity index (χ0) is 24.3. The summed E-state index contributed by atoms with van der Waals surface area (Å²) >= 11 is 3.38. The molecule has 3 rings (SSSR count). The standard InChI is InChI=1S/C23H23BrN4O5/c1-6-9-33-20-18(28(30)31)10-14(11-19(20)32-5)13-25-27-21(29)16-12-15(24)7-8-17(16)26-22(27)23(2,3)4/h6-8,10-13H,1,9H2,2-5H3. The van der Waals surface area contributed by atoms with E-state index >= 15 is 0 Å². The molecule has 0 spiro atoms. The van der Waals surface area contributed by atoms with Gasteiger partial charge in [0.1, 0.15) is 12.4 Å². The second-order valence-corrected chi connectivity index (χ2v) is 9.05. The van der Waals surface area contributed by atoms with E-state index in [4.69, 9.17) is 9.47 Å². The number of nitrogens with zero attached hydrogens (tertiary/aromatic N) is 4. The largest absolute Gasteiger partial charge is 0.493 e. The number of fused-ring (bicyclic) bond motifs is 1. The van der Waals surface area contributed by atoms with Crippen LogP contribution in [0.1, 0.15) is 32.2 Å². The second kappa shape index (κ2) is 9.53. The summed E-state index contributed by atoms with van der Waals surface area (Å²) < 4.78 is 12.7. The Hall–Kier alpha value is -3.53. The lowest BCUT2D eigenvalue weighted by molar-refractivity contribution is -0.385. The van der Waals surface area contributed by atoms with Crippen LogP contribution in [-0.2, 0) is 5.41 Å². The number of benzene rings is 2. The molecule has 0 fully saturated rings. The third kappa shape index (κ3) is 5.11. The number of nitro groups is 1. The maximum Gasteiger partial charge on any atom is 0.315 e. The first-order valence-corrected chi connectivity index (χ1v) is 10.7. The normalized spacial score (nSPS) is 11.7. The van der Waals surface area contributed by atoms with Gasteiger partial charge in [0.2, 0.25) is 5.75 Å². The minimum absolute atomic E-state index is 0.00989. The highest BCUT2D eigenvalue weighted by Gasteiger charge is 2.24. The van der Waals surface area contributed by atoms with E-state index < -0.39 is 10.3 Å². The summed E-state index contributed by atoms with van der Waals surface area (Å²) in [5.74, 6) is 0.603. The molecule has 9 nitrogen and oxygen atoms in total. The Balaban J connectivity index is 2.20. The molecule has 33 heavy (non-hydrogen) atoms. The smallest absolute Gasteiger partial charge is 0.315 e. The SMILES string of the molecule is C=CCOc1c(OC)cc(C=Nn2c(C(C)(C)C)nc3ccc(Br)cc3c2=O)cc1[N+](=O)[O-]. The van der Waals surface area contributed by atoms with Gasteiger partial charge in [0, 0.05) is 21.5 Å². The molecule has 0 bridgehead atoms. The van der Waals surface area contributed by atoms with Crippen molar-refractivity contribution in [2.75, 3.05) is 13.7 Å². The Bertz CT molecular complexity index is 1330. The van der Waals surface area contributed by atoms with Crippen molar-refractivity contribution < 1.29 is 14.4 Å². The maximum absolute atomic E-state index is 13.3. The molecule has 1 aromatic heterocycles. The van der Waals surface area contributed by atoms with Crippen molar-refractivity contribution in [2.24, 2.45) is 5.10 Å². The van der Waals surface area contributed by atoms with Gasteiger partial charge in [0.25, 0.3) is 5.56 Å². The molecule has 0 atom stereocenters. The summed E-state index contributed by atoms with van der Waals surface area (Å²) in [6.45, 7) is 9.39. The van der Waals surface area contributed by atoms with E-state index in [-0.39, 0.29) is 29.4 Å². The van der Waals surface area contributed by atoms with E-state index in [1.165, 1.54) is 30.1 Å². The van der Waals surface area contributed by atoms with Gasteiger partial charge in [-0.25, -0.2) is 4.98 Å². The Morgan fingerprint density at radius 2 is 2.03 bits per heavy atom. The molecular formula is C23H23BrN4O5. The van der Waals surface area contributed by atoms with Crippen LogP contribution < -0.4 is 15.0 Å². The zero-order valence-electron chi connectivity index (χ0n) is 18.7. The van der Waals surface area contributed by atoms with Gasteiger partial charge in [-0.05, 0) is 24.3 Å². The highest BCUT2D eigenvalue weighted by molar-refractivity contribution is 9.10. The number of aromatic nitrogens is 2. The molecule has 0 unspecified atom stereocenters. The van der Waals surface area contributed by atoms with Crippen LogP contribution in [0.5, 0.6) is 11.5 Å². The van der Waals surface area contributed by atoms with Gasteiger partial charge in [-0.3, -0.25) is 14.9 Å². The predicted molar refractivity (Wildman–Crippen MR) is 131 cm³/mol. The van der Waals surface area contributed by atoms with Crippen molar-refractivity contribution in [1.82, 2.24) is 9.66 Å². The van der Waals surface area contributed by atoms with E-state index in [0.717, 1.165) is 4.47 Å². The quantitative estimate of drug-likeness (QED) is 0.193. The maximum atomic E-state index is 13.3. The Morgan fingerprint density at radius 3 is 2.64 bits per heavy atom. The molecule has 0 saturated carbocycles. The summed E-state index contributed by atoms with van der Waals surface area (Å²) in [5, 5.41) is 16.4. The zero-order valence-corrected chi connectivity index (χ0v) is 20.2. The van der Waals surface area contributed by atoms with Crippen molar-refractivity contribution in [3.63, 3.8) is 0 Å². The molecule has 0 amide bonds. The van der Waals surface area contributed by atoms with Crippen molar-refractivity contribution >= 4 is 38.7 Å². The first kappa shape index (κ1) is 24.1. The molecule has 10 heteroatoms. The summed E-state index contributed by atoms with van der Waals surface area (Å²) in [5.41, 5.74) is -0.230. The van der Waals surface area contributed by atoms with Gasteiger partial charge in [0.15, 0.2) is 5.75 Å². The van der Waals surface area contributed by atoms with E-state index in [9.17, 15) is 14.9 Å². The first-order chi connectivity index (χ1) is 15.6. The van der Waals surface area contributed by atoms with E-state index in [0.29, 0.717) is 22.3 Å². The van der Waals surface area contributed by atoms with Gasteiger partial charge in [-0.1, -0.05) is 49.4 Å². The monoisotopic (exact) mass is 514 g/mol. The minimum Gasteiger partial charge on any atom is -0.493 e. The third-order valence-electron chi connectivity index (χ3n) is 4.62. The average molecular weight is 515 g/mol. The first-order valence-electron chi connectivity index (χ1n) is 9.94. The van der Waals surface area contributed by atoms with Gasteiger partial charge >= 0.3 is 5.69 Å². The number of nitro benzene ring substituents is 1. The molecule has 0 N–H and O–H groups in total. The van der Waals surface area contributed by atoms with Gasteiger partial charge in [0.05, 0.1) is 29.2 Å².